The summed E-state index contributed by atoms with van der Waals surface area (Å²) in [5.41, 5.74) is 1.16. The van der Waals surface area contributed by atoms with Crippen LogP contribution in [-0.4, -0.2) is 34.0 Å². The molecule has 1 saturated heterocycles. The molecule has 0 bridgehead atoms. The van der Waals surface area contributed by atoms with Crippen LogP contribution in [0.5, 0.6) is 0 Å². The average molecular weight is 250 g/mol. The molecule has 0 saturated carbocycles. The third-order valence-electron chi connectivity index (χ3n) is 4.13. The third kappa shape index (κ3) is 2.59. The van der Waals surface area contributed by atoms with E-state index in [1.807, 2.05) is 0 Å². The molecule has 0 aliphatic carbocycles. The number of ether oxygens (including phenoxy) is 1. The molecule has 1 aromatic rings. The number of rotatable bonds is 3. The first-order chi connectivity index (χ1) is 8.85. The number of hydrogen-bond donors (Lipinski definition) is 1. The first-order valence-corrected chi connectivity index (χ1v) is 7.12. The standard InChI is InChI=1S/C14H22N2O2/c17-10-11-4-5-16-9-12(15-14(16)7-11)8-13-3-1-2-6-18-13/h9,11,13,17H,1-8,10H2. The van der Waals surface area contributed by atoms with Gasteiger partial charge < -0.3 is 14.4 Å². The molecule has 2 aliphatic rings. The molecule has 2 atom stereocenters. The van der Waals surface area contributed by atoms with Gasteiger partial charge in [-0.1, -0.05) is 0 Å². The number of nitrogens with zero attached hydrogens (tertiary/aromatic N) is 2. The molecule has 2 aliphatic heterocycles. The van der Waals surface area contributed by atoms with Crippen molar-refractivity contribution in [1.29, 1.82) is 0 Å². The lowest BCUT2D eigenvalue weighted by molar-refractivity contribution is 0.0163. The lowest BCUT2D eigenvalue weighted by Crippen LogP contribution is -2.21. The molecular formula is C14H22N2O2. The molecular weight excluding hydrogens is 228 g/mol. The van der Waals surface area contributed by atoms with Crippen molar-refractivity contribution < 1.29 is 9.84 Å². The van der Waals surface area contributed by atoms with Crippen molar-refractivity contribution in [3.63, 3.8) is 0 Å². The first kappa shape index (κ1) is 12.2. The summed E-state index contributed by atoms with van der Waals surface area (Å²) in [6, 6.07) is 0. The van der Waals surface area contributed by atoms with E-state index in [1.54, 1.807) is 0 Å². The monoisotopic (exact) mass is 250 g/mol. The number of aryl methyl sites for hydroxylation is 1. The minimum Gasteiger partial charge on any atom is -0.396 e. The van der Waals surface area contributed by atoms with Crippen molar-refractivity contribution in [2.75, 3.05) is 13.2 Å². The van der Waals surface area contributed by atoms with E-state index in [-0.39, 0.29) is 6.61 Å². The third-order valence-corrected chi connectivity index (χ3v) is 4.13. The molecule has 0 aromatic carbocycles. The largest absolute Gasteiger partial charge is 0.396 e. The van der Waals surface area contributed by atoms with Crippen molar-refractivity contribution in [3.8, 4) is 0 Å². The SMILES string of the molecule is OCC1CCn2cc(CC3CCCCO3)nc2C1. The van der Waals surface area contributed by atoms with Crippen LogP contribution in [0.2, 0.25) is 0 Å². The second-order valence-electron chi connectivity index (χ2n) is 5.58. The van der Waals surface area contributed by atoms with Crippen LogP contribution in [0.4, 0.5) is 0 Å². The van der Waals surface area contributed by atoms with E-state index in [1.165, 1.54) is 19.3 Å². The Morgan fingerprint density at radius 2 is 2.33 bits per heavy atom. The summed E-state index contributed by atoms with van der Waals surface area (Å²) in [5.74, 6) is 1.55. The van der Waals surface area contributed by atoms with Gasteiger partial charge in [-0.15, -0.1) is 0 Å². The fourth-order valence-electron chi connectivity index (χ4n) is 3.01. The molecule has 1 fully saturated rings. The van der Waals surface area contributed by atoms with E-state index in [9.17, 15) is 5.11 Å². The Balaban J connectivity index is 1.65. The summed E-state index contributed by atoms with van der Waals surface area (Å²) < 4.78 is 8.02. The lowest BCUT2D eigenvalue weighted by atomic mass is 9.99. The molecule has 0 spiro atoms. The van der Waals surface area contributed by atoms with Gasteiger partial charge in [-0.3, -0.25) is 0 Å². The number of hydrogen-bond acceptors (Lipinski definition) is 3. The molecule has 4 nitrogen and oxygen atoms in total. The lowest BCUT2D eigenvalue weighted by Gasteiger charge is -2.21. The van der Waals surface area contributed by atoms with E-state index >= 15 is 0 Å². The van der Waals surface area contributed by atoms with Crippen molar-refractivity contribution in [2.24, 2.45) is 5.92 Å². The summed E-state index contributed by atoms with van der Waals surface area (Å²) in [7, 11) is 0. The molecule has 4 heteroatoms. The molecule has 0 radical (unpaired) electrons. The zero-order valence-corrected chi connectivity index (χ0v) is 10.8. The molecule has 1 aromatic heterocycles. The number of aromatic nitrogens is 2. The fourth-order valence-corrected chi connectivity index (χ4v) is 3.01. The minimum atomic E-state index is 0.286. The van der Waals surface area contributed by atoms with Gasteiger partial charge in [0.05, 0.1) is 11.8 Å². The second kappa shape index (κ2) is 5.41. The van der Waals surface area contributed by atoms with Crippen LogP contribution < -0.4 is 0 Å². The Bertz CT molecular complexity index is 396. The van der Waals surface area contributed by atoms with Gasteiger partial charge in [-0.25, -0.2) is 4.98 Å². The topological polar surface area (TPSA) is 47.3 Å². The van der Waals surface area contributed by atoms with Gasteiger partial charge >= 0.3 is 0 Å². The number of imidazole rings is 1. The van der Waals surface area contributed by atoms with Crippen molar-refractivity contribution in [3.05, 3.63) is 17.7 Å². The van der Waals surface area contributed by atoms with Crippen molar-refractivity contribution in [1.82, 2.24) is 9.55 Å². The Hall–Kier alpha value is -0.870. The van der Waals surface area contributed by atoms with Crippen LogP contribution in [-0.2, 0) is 24.1 Å². The zero-order chi connectivity index (χ0) is 12.4. The van der Waals surface area contributed by atoms with Gasteiger partial charge in [-0.2, -0.15) is 0 Å². The molecule has 18 heavy (non-hydrogen) atoms. The van der Waals surface area contributed by atoms with Gasteiger partial charge in [0.15, 0.2) is 0 Å². The summed E-state index contributed by atoms with van der Waals surface area (Å²) in [6.45, 7) is 2.19. The summed E-state index contributed by atoms with van der Waals surface area (Å²) in [5, 5.41) is 9.23. The van der Waals surface area contributed by atoms with Gasteiger partial charge in [0.25, 0.3) is 0 Å². The van der Waals surface area contributed by atoms with Crippen LogP contribution in [0, 0.1) is 5.92 Å². The summed E-state index contributed by atoms with van der Waals surface area (Å²) >= 11 is 0. The molecule has 3 rings (SSSR count). The summed E-state index contributed by atoms with van der Waals surface area (Å²) in [4.78, 5) is 4.71. The van der Waals surface area contributed by atoms with E-state index in [0.717, 1.165) is 43.9 Å². The van der Waals surface area contributed by atoms with E-state index in [4.69, 9.17) is 9.72 Å². The molecule has 100 valence electrons. The van der Waals surface area contributed by atoms with E-state index in [2.05, 4.69) is 10.8 Å². The Labute approximate surface area is 108 Å². The highest BCUT2D eigenvalue weighted by Gasteiger charge is 2.22. The van der Waals surface area contributed by atoms with Crippen LogP contribution in [0.25, 0.3) is 0 Å². The van der Waals surface area contributed by atoms with Crippen molar-refractivity contribution >= 4 is 0 Å². The molecule has 1 N–H and O–H groups in total. The number of aliphatic hydroxyl groups excluding tert-OH is 1. The van der Waals surface area contributed by atoms with Gasteiger partial charge in [-0.05, 0) is 31.6 Å². The minimum absolute atomic E-state index is 0.286. The molecule has 0 amide bonds. The Kier molecular flexibility index (Phi) is 3.66. The maximum atomic E-state index is 9.23. The highest BCUT2D eigenvalue weighted by Crippen LogP contribution is 2.22. The quantitative estimate of drug-likeness (QED) is 0.885. The van der Waals surface area contributed by atoms with Crippen LogP contribution in [0.15, 0.2) is 6.20 Å². The number of fused-ring (bicyclic) bond motifs is 1. The van der Waals surface area contributed by atoms with Gasteiger partial charge in [0.2, 0.25) is 0 Å². The van der Waals surface area contributed by atoms with Crippen molar-refractivity contribution in [2.45, 2.75) is 51.2 Å². The fraction of sp³-hybridized carbons (Fsp3) is 0.786. The molecule has 2 unspecified atom stereocenters. The van der Waals surface area contributed by atoms with E-state index < -0.39 is 0 Å². The van der Waals surface area contributed by atoms with E-state index in [0.29, 0.717) is 12.0 Å². The van der Waals surface area contributed by atoms with Crippen LogP contribution >= 0.6 is 0 Å². The summed E-state index contributed by atoms with van der Waals surface area (Å²) in [6.07, 6.45) is 9.14. The predicted molar refractivity (Wildman–Crippen MR) is 68.4 cm³/mol. The first-order valence-electron chi connectivity index (χ1n) is 7.12. The van der Waals surface area contributed by atoms with Crippen LogP contribution in [0.3, 0.4) is 0 Å². The van der Waals surface area contributed by atoms with Crippen LogP contribution in [0.1, 0.15) is 37.2 Å². The normalized spacial score (nSPS) is 28.1. The number of aliphatic hydroxyl groups is 1. The predicted octanol–water partition coefficient (Wildman–Crippen LogP) is 1.55. The smallest absolute Gasteiger partial charge is 0.109 e. The Morgan fingerprint density at radius 3 is 3.11 bits per heavy atom. The average Bonchev–Trinajstić information content (AvgIpc) is 2.80. The van der Waals surface area contributed by atoms with Gasteiger partial charge in [0.1, 0.15) is 5.82 Å². The second-order valence-corrected chi connectivity index (χ2v) is 5.58. The highest BCUT2D eigenvalue weighted by atomic mass is 16.5. The zero-order valence-electron chi connectivity index (χ0n) is 10.8. The van der Waals surface area contributed by atoms with Gasteiger partial charge in [0, 0.05) is 38.8 Å². The highest BCUT2D eigenvalue weighted by molar-refractivity contribution is 5.08. The maximum absolute atomic E-state index is 9.23. The molecule has 3 heterocycles. The Morgan fingerprint density at radius 1 is 1.39 bits per heavy atom. The maximum Gasteiger partial charge on any atom is 0.109 e.